The van der Waals surface area contributed by atoms with Crippen molar-refractivity contribution in [2.75, 3.05) is 43.5 Å². The van der Waals surface area contributed by atoms with E-state index >= 15 is 0 Å². The molecule has 25 heteroatoms. The molecule has 2 fully saturated rings. The molecular formula is C64H72Cl2N2O21. The highest BCUT2D eigenvalue weighted by Crippen LogP contribution is 2.44. The number of phenols is 2. The van der Waals surface area contributed by atoms with Crippen LogP contribution in [0, 0.1) is 0 Å². The van der Waals surface area contributed by atoms with Crippen LogP contribution in [0.15, 0.2) is 128 Å². The Kier molecular flexibility index (Phi) is 25.3. The van der Waals surface area contributed by atoms with Crippen molar-refractivity contribution in [2.45, 2.75) is 120 Å². The maximum absolute atomic E-state index is 12.9. The average molecular weight is 1280 g/mol. The summed E-state index contributed by atoms with van der Waals surface area (Å²) >= 11 is 11.5. The molecule has 5 aromatic carbocycles. The van der Waals surface area contributed by atoms with Crippen LogP contribution in [-0.2, 0) is 35.0 Å². The number of nitrogens with zero attached hydrogens (tertiary/aromatic N) is 2. The molecule has 2 saturated heterocycles. The van der Waals surface area contributed by atoms with E-state index in [1.807, 2.05) is 66.7 Å². The van der Waals surface area contributed by atoms with Crippen molar-refractivity contribution < 1.29 is 103 Å². The van der Waals surface area contributed by atoms with Gasteiger partial charge in [0.1, 0.15) is 83.1 Å². The van der Waals surface area contributed by atoms with Crippen molar-refractivity contribution in [3.8, 4) is 40.2 Å². The van der Waals surface area contributed by atoms with Crippen LogP contribution in [0.2, 0.25) is 0 Å². The van der Waals surface area contributed by atoms with Crippen molar-refractivity contribution in [3.63, 3.8) is 0 Å². The third-order valence-electron chi connectivity index (χ3n) is 14.5. The van der Waals surface area contributed by atoms with Crippen LogP contribution in [0.5, 0.6) is 40.2 Å². The number of aliphatic hydroxyl groups excluding tert-OH is 6. The van der Waals surface area contributed by atoms with Gasteiger partial charge in [-0.05, 0) is 103 Å². The van der Waals surface area contributed by atoms with Gasteiger partial charge in [0, 0.05) is 69.1 Å². The number of ether oxygens (including phenoxy) is 8. The van der Waals surface area contributed by atoms with Gasteiger partial charge < -0.3 is 88.8 Å². The van der Waals surface area contributed by atoms with E-state index < -0.39 is 91.6 Å². The van der Waals surface area contributed by atoms with E-state index in [0.29, 0.717) is 35.2 Å². The first-order valence-electron chi connectivity index (χ1n) is 28.4. The summed E-state index contributed by atoms with van der Waals surface area (Å²) in [5.41, 5.74) is 5.52. The minimum atomic E-state index is -1.77. The summed E-state index contributed by atoms with van der Waals surface area (Å²) in [6, 6.07) is 35.5. The Hall–Kier alpha value is -7.65. The summed E-state index contributed by atoms with van der Waals surface area (Å²) in [6.45, 7) is 5.25. The molecule has 0 amide bonds. The van der Waals surface area contributed by atoms with E-state index in [4.69, 9.17) is 66.2 Å². The lowest BCUT2D eigenvalue weighted by molar-refractivity contribution is -0.318. The Labute approximate surface area is 523 Å². The normalized spacial score (nSPS) is 22.8. The van der Waals surface area contributed by atoms with Gasteiger partial charge >= 0.3 is 17.9 Å². The smallest absolute Gasteiger partial charge is 0.308 e. The number of benzene rings is 5. The molecule has 11 atom stereocenters. The summed E-state index contributed by atoms with van der Waals surface area (Å²) in [4.78, 5) is 52.2. The van der Waals surface area contributed by atoms with Crippen molar-refractivity contribution in [3.05, 3.63) is 161 Å². The molecule has 478 valence electrons. The third-order valence-corrected chi connectivity index (χ3v) is 14.8. The second-order valence-corrected chi connectivity index (χ2v) is 21.7. The second kappa shape index (κ2) is 32.7. The highest BCUT2D eigenvalue weighted by molar-refractivity contribution is 6.18. The number of carboxylic acid groups (broad SMARTS) is 1. The van der Waals surface area contributed by atoms with Gasteiger partial charge in [0.2, 0.25) is 6.29 Å². The molecule has 3 aliphatic heterocycles. The number of aromatic nitrogens is 1. The summed E-state index contributed by atoms with van der Waals surface area (Å²) in [5.74, 6) is -0.436. The molecule has 23 nitrogen and oxygen atoms in total. The number of Topliss-reactive ketones (excluding diaryl/α,β-unsaturated/α-hetero) is 1. The largest absolute Gasteiger partial charge is 0.507 e. The number of fused-ring (bicyclic) bond motifs is 1. The van der Waals surface area contributed by atoms with E-state index in [2.05, 4.69) is 9.88 Å². The minimum absolute atomic E-state index is 0.0457. The van der Waals surface area contributed by atoms with E-state index in [1.54, 1.807) is 36.5 Å². The van der Waals surface area contributed by atoms with Gasteiger partial charge in [-0.25, -0.2) is 0 Å². The van der Waals surface area contributed by atoms with Crippen LogP contribution in [0.3, 0.4) is 0 Å². The third kappa shape index (κ3) is 18.7. The first-order chi connectivity index (χ1) is 42.6. The number of carbonyl (C=O) groups is 4. The molecule has 9 rings (SSSR count). The summed E-state index contributed by atoms with van der Waals surface area (Å²) in [5, 5.41) is 90.8. The SMILES string of the molecule is CC(=O)Oc1ccc(C(c2ccc(OC(C)=O)cc2)c2ccccn2)cc1.COc1ccc([C@@H]2CC(=O)c3c(O)cc(O[C@@H]4O[C@H](CO[C@@H]5O[C@@H](C)[C@H](O)[C@@H](O)[C@H]5O)[C@@H](O)[C@H](O)[C@H]4O)cc3O2)cc1O.O=C(O)CCCc1ccc(N(CCCl)CCCl)cc1. The lowest BCUT2D eigenvalue weighted by atomic mass is 9.88. The van der Waals surface area contributed by atoms with E-state index in [9.17, 15) is 60.0 Å². The Morgan fingerprint density at radius 3 is 1.85 bits per heavy atom. The number of aryl methyl sites for hydroxylation is 1. The number of aliphatic carboxylic acids is 1. The number of hydrogen-bond donors (Lipinski definition) is 9. The first kappa shape index (κ1) is 68.8. The predicted molar refractivity (Wildman–Crippen MR) is 322 cm³/mol. The monoisotopic (exact) mass is 1270 g/mol. The van der Waals surface area contributed by atoms with Gasteiger partial charge in [-0.1, -0.05) is 48.5 Å². The van der Waals surface area contributed by atoms with Crippen molar-refractivity contribution in [1.82, 2.24) is 4.98 Å². The standard InChI is InChI=1S/C28H34O15.C22H19NO4.C14H19Cl2NO2/c1-10-21(32)23(34)25(36)27(40-10)39-9-19-22(33)24(35)26(37)28(43-19)41-12-6-14(30)20-15(31)8-17(42-18(20)7-12)11-3-4-16(38-2)13(29)5-11;1-15(24)26-19-10-6-17(7-11-19)22(21-5-3-4-14-23-21)18-8-12-20(13-9-18)27-16(2)25;15-8-10-17(11-9-16)13-6-4-12(5-7-13)2-1-3-14(18)19/h3-7,10,17,19,21-30,32-37H,8-9H2,1-2H3;3-14,22H,1-2H3;4-7H,1-3,8-11H2,(H,18,19)/t10-,17-,19+,21-,22+,23+,24-,25+,26+,27+,28+;;/m0../s1. The molecule has 0 spiro atoms. The van der Waals surface area contributed by atoms with Crippen LogP contribution in [-0.4, -0.2) is 175 Å². The van der Waals surface area contributed by atoms with Crippen LogP contribution < -0.4 is 28.6 Å². The second-order valence-electron chi connectivity index (χ2n) is 20.9. The maximum atomic E-state index is 12.9. The Bertz CT molecular complexity index is 3210. The highest BCUT2D eigenvalue weighted by Gasteiger charge is 2.48. The van der Waals surface area contributed by atoms with Crippen LogP contribution >= 0.6 is 23.2 Å². The number of ketones is 1. The minimum Gasteiger partial charge on any atom is -0.507 e. The molecule has 89 heavy (non-hydrogen) atoms. The fraction of sp³-hybridized carbons (Fsp3) is 0.391. The number of esters is 2. The number of halogens is 2. The molecule has 3 aliphatic rings. The molecule has 0 aliphatic carbocycles. The molecule has 0 unspecified atom stereocenters. The zero-order valence-electron chi connectivity index (χ0n) is 49.0. The number of rotatable bonds is 21. The number of methoxy groups -OCH3 is 1. The van der Waals surface area contributed by atoms with Crippen molar-refractivity contribution >= 4 is 52.6 Å². The topological polar surface area (TPSA) is 340 Å². The average Bonchev–Trinajstić information content (AvgIpc) is 0.940. The number of carbonyl (C=O) groups excluding carboxylic acids is 3. The fourth-order valence-corrected chi connectivity index (χ4v) is 10.4. The molecular weight excluding hydrogens is 1200 g/mol. The number of aromatic hydroxyl groups is 2. The first-order valence-corrected chi connectivity index (χ1v) is 29.4. The summed E-state index contributed by atoms with van der Waals surface area (Å²) < 4.78 is 43.4. The highest BCUT2D eigenvalue weighted by atomic mass is 35.5. The number of alkyl halides is 2. The quantitative estimate of drug-likeness (QED) is 0.0216. The molecule has 0 saturated carbocycles. The molecule has 0 bridgehead atoms. The van der Waals surface area contributed by atoms with E-state index in [0.717, 1.165) is 53.6 Å². The number of anilines is 1. The predicted octanol–water partition coefficient (Wildman–Crippen LogP) is 6.33. The van der Waals surface area contributed by atoms with Gasteiger partial charge in [-0.15, -0.1) is 23.2 Å². The van der Waals surface area contributed by atoms with Gasteiger partial charge in [0.15, 0.2) is 23.6 Å². The van der Waals surface area contributed by atoms with Crippen molar-refractivity contribution in [2.24, 2.45) is 0 Å². The van der Waals surface area contributed by atoms with Crippen LogP contribution in [0.25, 0.3) is 0 Å². The molecule has 6 aromatic rings. The molecule has 0 radical (unpaired) electrons. The van der Waals surface area contributed by atoms with Crippen molar-refractivity contribution in [1.29, 1.82) is 0 Å². The van der Waals surface area contributed by atoms with Gasteiger partial charge in [-0.2, -0.15) is 0 Å². The number of pyridine rings is 1. The number of phenolic OH excluding ortho intramolecular Hbond substituents is 2. The maximum Gasteiger partial charge on any atom is 0.308 e. The lowest BCUT2D eigenvalue weighted by Crippen LogP contribution is -2.61. The Morgan fingerprint density at radius 1 is 0.697 bits per heavy atom. The van der Waals surface area contributed by atoms with E-state index in [1.165, 1.54) is 46.1 Å². The van der Waals surface area contributed by atoms with Crippen LogP contribution in [0.1, 0.15) is 90.4 Å². The number of hydrogen-bond acceptors (Lipinski definition) is 22. The van der Waals surface area contributed by atoms with Gasteiger partial charge in [0.05, 0.1) is 37.9 Å². The van der Waals surface area contributed by atoms with Gasteiger partial charge in [-0.3, -0.25) is 24.2 Å². The summed E-state index contributed by atoms with van der Waals surface area (Å²) in [7, 11) is 1.39. The zero-order valence-corrected chi connectivity index (χ0v) is 50.5. The molecule has 4 heterocycles. The zero-order chi connectivity index (χ0) is 64.5. The van der Waals surface area contributed by atoms with Crippen LogP contribution in [0.4, 0.5) is 5.69 Å². The van der Waals surface area contributed by atoms with Gasteiger partial charge in [0.25, 0.3) is 0 Å². The molecule has 1 aromatic heterocycles. The Morgan fingerprint density at radius 2 is 1.30 bits per heavy atom. The van der Waals surface area contributed by atoms with E-state index in [-0.39, 0.29) is 59.3 Å². The summed E-state index contributed by atoms with van der Waals surface area (Å²) in [6.07, 6.45) is -12.5. The fourth-order valence-electron chi connectivity index (χ4n) is 9.96. The Balaban J connectivity index is 0.000000209. The lowest BCUT2D eigenvalue weighted by Gasteiger charge is -2.42. The number of aliphatic hydroxyl groups is 6. The molecule has 9 N–H and O–H groups in total. The number of carboxylic acids is 1.